The highest BCUT2D eigenvalue weighted by Crippen LogP contribution is 2.30. The van der Waals surface area contributed by atoms with Gasteiger partial charge in [-0.05, 0) is 17.9 Å². The second-order valence-corrected chi connectivity index (χ2v) is 3.32. The molecule has 1 rings (SSSR count). The molecule has 0 spiro atoms. The predicted molar refractivity (Wildman–Crippen MR) is 48.1 cm³/mol. The smallest absolute Gasteiger partial charge is 0.134 e. The lowest BCUT2D eigenvalue weighted by atomic mass is 10.2. The summed E-state index contributed by atoms with van der Waals surface area (Å²) < 4.78 is 5.14. The van der Waals surface area contributed by atoms with Crippen LogP contribution in [0.3, 0.4) is 0 Å². The molecule has 1 unspecified atom stereocenters. The highest BCUT2D eigenvalue weighted by atomic mass is 32.1. The van der Waals surface area contributed by atoms with Gasteiger partial charge in [0.1, 0.15) is 5.75 Å². The molecule has 0 bridgehead atoms. The largest absolute Gasteiger partial charge is 0.496 e. The van der Waals surface area contributed by atoms with Crippen molar-refractivity contribution in [2.24, 2.45) is 5.73 Å². The Labute approximate surface area is 71.0 Å². The van der Waals surface area contributed by atoms with E-state index in [9.17, 15) is 0 Å². The lowest BCUT2D eigenvalue weighted by Crippen LogP contribution is -2.07. The zero-order chi connectivity index (χ0) is 8.27. The molecule has 0 aliphatic carbocycles. The fourth-order valence-corrected chi connectivity index (χ4v) is 1.88. The molecule has 1 heterocycles. The van der Waals surface area contributed by atoms with Gasteiger partial charge in [0.05, 0.1) is 12.0 Å². The molecule has 11 heavy (non-hydrogen) atoms. The molecule has 1 aromatic rings. The normalized spacial score (nSPS) is 13.0. The predicted octanol–water partition coefficient (Wildman–Crippen LogP) is 2.17. The number of methoxy groups -OCH3 is 1. The first-order valence-electron chi connectivity index (χ1n) is 3.66. The summed E-state index contributed by atoms with van der Waals surface area (Å²) in [4.78, 5) is 1.15. The third-order valence-corrected chi connectivity index (χ3v) is 2.68. The molecule has 0 saturated heterocycles. The minimum Gasteiger partial charge on any atom is -0.496 e. The minimum absolute atomic E-state index is 0.130. The second kappa shape index (κ2) is 3.74. The number of hydrogen-bond acceptors (Lipinski definition) is 3. The van der Waals surface area contributed by atoms with Gasteiger partial charge in [-0.2, -0.15) is 0 Å². The third kappa shape index (κ3) is 1.73. The van der Waals surface area contributed by atoms with Crippen LogP contribution in [-0.2, 0) is 0 Å². The van der Waals surface area contributed by atoms with Crippen molar-refractivity contribution in [1.82, 2.24) is 0 Å². The Balaban J connectivity index is 2.83. The molecule has 0 fully saturated rings. The van der Waals surface area contributed by atoms with Crippen molar-refractivity contribution in [3.05, 3.63) is 16.3 Å². The summed E-state index contributed by atoms with van der Waals surface area (Å²) in [5, 5.41) is 2.00. The van der Waals surface area contributed by atoms with Gasteiger partial charge in [0.25, 0.3) is 0 Å². The van der Waals surface area contributed by atoms with Crippen LogP contribution in [0.25, 0.3) is 0 Å². The van der Waals surface area contributed by atoms with Crippen molar-refractivity contribution in [3.63, 3.8) is 0 Å². The van der Waals surface area contributed by atoms with E-state index in [-0.39, 0.29) is 6.04 Å². The van der Waals surface area contributed by atoms with Crippen molar-refractivity contribution in [3.8, 4) is 5.75 Å². The van der Waals surface area contributed by atoms with Crippen molar-refractivity contribution in [2.45, 2.75) is 19.4 Å². The van der Waals surface area contributed by atoms with Gasteiger partial charge in [0.2, 0.25) is 0 Å². The summed E-state index contributed by atoms with van der Waals surface area (Å²) in [7, 11) is 1.67. The Morgan fingerprint density at radius 2 is 2.45 bits per heavy atom. The van der Waals surface area contributed by atoms with Gasteiger partial charge in [-0.25, -0.2) is 0 Å². The van der Waals surface area contributed by atoms with Crippen LogP contribution in [0, 0.1) is 0 Å². The quantitative estimate of drug-likeness (QED) is 0.756. The summed E-state index contributed by atoms with van der Waals surface area (Å²) >= 11 is 1.66. The first-order chi connectivity index (χ1) is 5.29. The Morgan fingerprint density at radius 3 is 3.00 bits per heavy atom. The zero-order valence-corrected chi connectivity index (χ0v) is 7.65. The maximum atomic E-state index is 5.85. The van der Waals surface area contributed by atoms with Crippen LogP contribution in [0.5, 0.6) is 5.75 Å². The van der Waals surface area contributed by atoms with Gasteiger partial charge in [-0.3, -0.25) is 0 Å². The van der Waals surface area contributed by atoms with Gasteiger partial charge in [0.15, 0.2) is 0 Å². The van der Waals surface area contributed by atoms with E-state index in [2.05, 4.69) is 6.92 Å². The van der Waals surface area contributed by atoms with Crippen LogP contribution in [-0.4, -0.2) is 7.11 Å². The zero-order valence-electron chi connectivity index (χ0n) is 6.83. The first kappa shape index (κ1) is 8.56. The van der Waals surface area contributed by atoms with E-state index in [0.717, 1.165) is 17.0 Å². The van der Waals surface area contributed by atoms with Crippen LogP contribution in [0.2, 0.25) is 0 Å². The summed E-state index contributed by atoms with van der Waals surface area (Å²) in [6, 6.07) is 2.08. The fourth-order valence-electron chi connectivity index (χ4n) is 0.933. The number of thiophene rings is 1. The molecule has 0 aliphatic heterocycles. The van der Waals surface area contributed by atoms with E-state index in [1.165, 1.54) is 0 Å². The van der Waals surface area contributed by atoms with Gasteiger partial charge in [0, 0.05) is 6.04 Å². The lowest BCUT2D eigenvalue weighted by molar-refractivity contribution is 0.408. The summed E-state index contributed by atoms with van der Waals surface area (Å²) in [5.41, 5.74) is 5.85. The molecule has 62 valence electrons. The van der Waals surface area contributed by atoms with Crippen LogP contribution in [0.4, 0.5) is 0 Å². The molecule has 2 nitrogen and oxygen atoms in total. The minimum atomic E-state index is 0.130. The average Bonchev–Trinajstić information content (AvgIpc) is 2.50. The summed E-state index contributed by atoms with van der Waals surface area (Å²) in [6.45, 7) is 2.07. The number of ether oxygens (including phenoxy) is 1. The number of rotatable bonds is 3. The van der Waals surface area contributed by atoms with Gasteiger partial charge in [-0.1, -0.05) is 6.92 Å². The monoisotopic (exact) mass is 171 g/mol. The van der Waals surface area contributed by atoms with Crippen molar-refractivity contribution >= 4 is 11.3 Å². The molecule has 0 saturated carbocycles. The molecule has 1 aromatic heterocycles. The van der Waals surface area contributed by atoms with E-state index < -0.39 is 0 Å². The average molecular weight is 171 g/mol. The highest BCUT2D eigenvalue weighted by molar-refractivity contribution is 7.10. The van der Waals surface area contributed by atoms with E-state index >= 15 is 0 Å². The lowest BCUT2D eigenvalue weighted by Gasteiger charge is -2.07. The van der Waals surface area contributed by atoms with Crippen LogP contribution >= 0.6 is 11.3 Å². The van der Waals surface area contributed by atoms with Crippen LogP contribution in [0.15, 0.2) is 11.4 Å². The van der Waals surface area contributed by atoms with E-state index in [4.69, 9.17) is 10.5 Å². The van der Waals surface area contributed by atoms with E-state index in [0.29, 0.717) is 0 Å². The molecular weight excluding hydrogens is 158 g/mol. The maximum absolute atomic E-state index is 5.85. The standard InChI is InChI=1S/C8H13NOS/c1-3-6(9)8-7(10-2)4-5-11-8/h4-6H,3,9H2,1-2H3. The SMILES string of the molecule is CCC(N)c1sccc1OC. The Hall–Kier alpha value is -0.540. The molecule has 0 radical (unpaired) electrons. The molecule has 2 N–H and O–H groups in total. The fraction of sp³-hybridized carbons (Fsp3) is 0.500. The van der Waals surface area contributed by atoms with Gasteiger partial charge < -0.3 is 10.5 Å². The molecule has 0 amide bonds. The highest BCUT2D eigenvalue weighted by Gasteiger charge is 2.10. The molecule has 1 atom stereocenters. The molecule has 0 aromatic carbocycles. The third-order valence-electron chi connectivity index (χ3n) is 1.65. The number of nitrogens with two attached hydrogens (primary N) is 1. The van der Waals surface area contributed by atoms with Crippen LogP contribution < -0.4 is 10.5 Å². The maximum Gasteiger partial charge on any atom is 0.134 e. The summed E-state index contributed by atoms with van der Waals surface area (Å²) in [6.07, 6.45) is 0.955. The van der Waals surface area contributed by atoms with Crippen molar-refractivity contribution < 1.29 is 4.74 Å². The Kier molecular flexibility index (Phi) is 2.91. The molecule has 0 aliphatic rings. The Morgan fingerprint density at radius 1 is 1.73 bits per heavy atom. The second-order valence-electron chi connectivity index (χ2n) is 2.37. The molecular formula is C8H13NOS. The Bertz CT molecular complexity index is 222. The first-order valence-corrected chi connectivity index (χ1v) is 4.54. The van der Waals surface area contributed by atoms with E-state index in [1.54, 1.807) is 18.4 Å². The van der Waals surface area contributed by atoms with Crippen molar-refractivity contribution in [2.75, 3.05) is 7.11 Å². The molecule has 3 heteroatoms. The summed E-state index contributed by atoms with van der Waals surface area (Å²) in [5.74, 6) is 0.921. The number of hydrogen-bond donors (Lipinski definition) is 1. The van der Waals surface area contributed by atoms with Gasteiger partial charge in [-0.15, -0.1) is 11.3 Å². The van der Waals surface area contributed by atoms with E-state index in [1.807, 2.05) is 11.4 Å². The van der Waals surface area contributed by atoms with Gasteiger partial charge >= 0.3 is 0 Å². The van der Waals surface area contributed by atoms with Crippen molar-refractivity contribution in [1.29, 1.82) is 0 Å². The van der Waals surface area contributed by atoms with Crippen LogP contribution in [0.1, 0.15) is 24.3 Å². The topological polar surface area (TPSA) is 35.2 Å².